The van der Waals surface area contributed by atoms with Crippen LogP contribution in [0.5, 0.6) is 0 Å². The van der Waals surface area contributed by atoms with Gasteiger partial charge in [-0.25, -0.2) is 0 Å². The van der Waals surface area contributed by atoms with Gasteiger partial charge in [0.25, 0.3) is 0 Å². The molecule has 29 heavy (non-hydrogen) atoms. The molecule has 160 valence electrons. The van der Waals surface area contributed by atoms with Crippen LogP contribution >= 0.6 is 0 Å². The number of nitrogens with zero attached hydrogens (tertiary/aromatic N) is 4. The van der Waals surface area contributed by atoms with Crippen LogP contribution in [0.15, 0.2) is 0 Å². The van der Waals surface area contributed by atoms with Gasteiger partial charge in [-0.05, 0) is 64.6 Å². The smallest absolute Gasteiger partial charge is 0.220 e. The van der Waals surface area contributed by atoms with Crippen LogP contribution in [0.3, 0.4) is 0 Å². The van der Waals surface area contributed by atoms with Crippen molar-refractivity contribution in [3.8, 4) is 6.07 Å². The molecule has 0 aromatic carbocycles. The van der Waals surface area contributed by atoms with E-state index in [0.29, 0.717) is 25.8 Å². The molecule has 1 saturated heterocycles. The molecule has 1 aromatic heterocycles. The average molecular weight is 400 g/mol. The van der Waals surface area contributed by atoms with Crippen molar-refractivity contribution in [3.05, 3.63) is 17.0 Å². The number of carbonyl (C=O) groups excluding carboxylic acids is 1. The van der Waals surface area contributed by atoms with Crippen molar-refractivity contribution < 1.29 is 4.79 Å². The molecule has 3 rings (SSSR count). The van der Waals surface area contributed by atoms with Gasteiger partial charge in [-0.3, -0.25) is 14.4 Å². The Morgan fingerprint density at radius 2 is 1.83 bits per heavy atom. The molecule has 1 aliphatic carbocycles. The van der Waals surface area contributed by atoms with Gasteiger partial charge in [0.05, 0.1) is 24.7 Å². The predicted octanol–water partition coefficient (Wildman–Crippen LogP) is 3.65. The highest BCUT2D eigenvalue weighted by Gasteiger charge is 2.38. The minimum Gasteiger partial charge on any atom is -0.354 e. The molecule has 2 heterocycles. The van der Waals surface area contributed by atoms with Crippen molar-refractivity contribution in [2.45, 2.75) is 96.6 Å². The molecule has 0 bridgehead atoms. The van der Waals surface area contributed by atoms with E-state index >= 15 is 0 Å². The Morgan fingerprint density at radius 3 is 2.52 bits per heavy atom. The van der Waals surface area contributed by atoms with E-state index in [0.717, 1.165) is 23.5 Å². The third-order valence-corrected chi connectivity index (χ3v) is 6.99. The number of nitriles is 1. The largest absolute Gasteiger partial charge is 0.354 e. The van der Waals surface area contributed by atoms with Gasteiger partial charge in [0.1, 0.15) is 0 Å². The highest BCUT2D eigenvalue weighted by molar-refractivity contribution is 5.76. The molecule has 6 heteroatoms. The quantitative estimate of drug-likeness (QED) is 0.724. The van der Waals surface area contributed by atoms with E-state index in [1.165, 1.54) is 64.5 Å². The number of likely N-dealkylation sites (tertiary alicyclic amines) is 1. The fourth-order valence-corrected chi connectivity index (χ4v) is 5.24. The number of piperidine rings is 1. The Bertz CT molecular complexity index is 720. The summed E-state index contributed by atoms with van der Waals surface area (Å²) in [5, 5.41) is 16.6. The molecule has 1 amide bonds. The number of hydrogen-bond donors (Lipinski definition) is 1. The number of amides is 1. The molecule has 0 atom stereocenters. The summed E-state index contributed by atoms with van der Waals surface area (Å²) in [6.07, 6.45) is 12.0. The molecular formula is C23H37N5O. The standard InChI is InChI=1S/C23H37N5O/c1-19-21(20(2)28(26-19)17-9-14-24)10-11-22(29)25-18-23(12-5-3-6-13-23)27-15-7-4-8-16-27/h3-13,15-18H2,1-2H3,(H,25,29). The van der Waals surface area contributed by atoms with E-state index in [1.807, 2.05) is 18.5 Å². The molecule has 1 saturated carbocycles. The first kappa shape index (κ1) is 21.8. The molecule has 1 aliphatic heterocycles. The van der Waals surface area contributed by atoms with E-state index in [9.17, 15) is 4.79 Å². The fraction of sp³-hybridized carbons (Fsp3) is 0.783. The first-order valence-electron chi connectivity index (χ1n) is 11.5. The number of rotatable bonds is 8. The van der Waals surface area contributed by atoms with Crippen LogP contribution in [0.25, 0.3) is 0 Å². The van der Waals surface area contributed by atoms with E-state index in [1.54, 1.807) is 0 Å². The zero-order valence-corrected chi connectivity index (χ0v) is 18.3. The van der Waals surface area contributed by atoms with Gasteiger partial charge in [-0.1, -0.05) is 25.7 Å². The minimum absolute atomic E-state index is 0.149. The summed E-state index contributed by atoms with van der Waals surface area (Å²) in [6, 6.07) is 2.17. The number of carbonyl (C=O) groups is 1. The van der Waals surface area contributed by atoms with Crippen LogP contribution in [0.4, 0.5) is 0 Å². The molecule has 1 aromatic rings. The average Bonchev–Trinajstić information content (AvgIpc) is 3.03. The van der Waals surface area contributed by atoms with Crippen molar-refractivity contribution >= 4 is 5.91 Å². The molecule has 2 aliphatic rings. The first-order chi connectivity index (χ1) is 14.1. The molecule has 2 fully saturated rings. The van der Waals surface area contributed by atoms with Crippen LogP contribution in [-0.2, 0) is 17.8 Å². The number of aromatic nitrogens is 2. The van der Waals surface area contributed by atoms with Crippen LogP contribution in [-0.4, -0.2) is 45.8 Å². The predicted molar refractivity (Wildman–Crippen MR) is 115 cm³/mol. The molecule has 0 radical (unpaired) electrons. The first-order valence-corrected chi connectivity index (χ1v) is 11.5. The maximum absolute atomic E-state index is 12.7. The lowest BCUT2D eigenvalue weighted by Crippen LogP contribution is -2.58. The highest BCUT2D eigenvalue weighted by Crippen LogP contribution is 2.35. The minimum atomic E-state index is 0.149. The molecule has 0 unspecified atom stereocenters. The fourth-order valence-electron chi connectivity index (χ4n) is 5.24. The van der Waals surface area contributed by atoms with Crippen molar-refractivity contribution in [1.29, 1.82) is 5.26 Å². The third kappa shape index (κ3) is 5.39. The highest BCUT2D eigenvalue weighted by atomic mass is 16.1. The Labute approximate surface area is 175 Å². The Hall–Kier alpha value is -1.87. The van der Waals surface area contributed by atoms with E-state index in [-0.39, 0.29) is 11.4 Å². The lowest BCUT2D eigenvalue weighted by Gasteiger charge is -2.48. The van der Waals surface area contributed by atoms with Gasteiger partial charge >= 0.3 is 0 Å². The lowest BCUT2D eigenvalue weighted by atomic mass is 9.79. The monoisotopic (exact) mass is 399 g/mol. The SMILES string of the molecule is Cc1nn(CCC#N)c(C)c1CCC(=O)NCC1(N2CCCCC2)CCCCC1. The molecular weight excluding hydrogens is 362 g/mol. The zero-order chi connectivity index (χ0) is 20.7. The Kier molecular flexibility index (Phi) is 7.71. The van der Waals surface area contributed by atoms with E-state index < -0.39 is 0 Å². The summed E-state index contributed by atoms with van der Waals surface area (Å²) in [5.41, 5.74) is 3.40. The Morgan fingerprint density at radius 1 is 1.14 bits per heavy atom. The molecule has 6 nitrogen and oxygen atoms in total. The number of nitrogens with one attached hydrogen (secondary N) is 1. The summed E-state index contributed by atoms with van der Waals surface area (Å²) < 4.78 is 1.90. The second-order valence-electron chi connectivity index (χ2n) is 8.89. The molecule has 0 spiro atoms. The normalized spacial score (nSPS) is 19.6. The second-order valence-corrected chi connectivity index (χ2v) is 8.89. The summed E-state index contributed by atoms with van der Waals surface area (Å²) in [5.74, 6) is 0.149. The van der Waals surface area contributed by atoms with Gasteiger partial charge in [-0.2, -0.15) is 10.4 Å². The van der Waals surface area contributed by atoms with Crippen LogP contribution in [0.2, 0.25) is 0 Å². The zero-order valence-electron chi connectivity index (χ0n) is 18.3. The van der Waals surface area contributed by atoms with Gasteiger partial charge in [-0.15, -0.1) is 0 Å². The van der Waals surface area contributed by atoms with Crippen molar-refractivity contribution in [2.24, 2.45) is 0 Å². The summed E-state index contributed by atoms with van der Waals surface area (Å²) in [4.78, 5) is 15.4. The molecule has 1 N–H and O–H groups in total. The van der Waals surface area contributed by atoms with Gasteiger partial charge in [0.15, 0.2) is 0 Å². The Balaban J connectivity index is 1.55. The maximum Gasteiger partial charge on any atom is 0.220 e. The van der Waals surface area contributed by atoms with Crippen LogP contribution in [0, 0.1) is 25.2 Å². The number of aryl methyl sites for hydroxylation is 2. The van der Waals surface area contributed by atoms with Crippen molar-refractivity contribution in [3.63, 3.8) is 0 Å². The summed E-state index contributed by atoms with van der Waals surface area (Å²) in [7, 11) is 0. The third-order valence-electron chi connectivity index (χ3n) is 6.99. The number of hydrogen-bond acceptors (Lipinski definition) is 4. The van der Waals surface area contributed by atoms with E-state index in [2.05, 4.69) is 21.4 Å². The van der Waals surface area contributed by atoms with Gasteiger partial charge < -0.3 is 5.32 Å². The second kappa shape index (κ2) is 10.2. The van der Waals surface area contributed by atoms with Gasteiger partial charge in [0, 0.05) is 24.2 Å². The topological polar surface area (TPSA) is 73.9 Å². The van der Waals surface area contributed by atoms with Crippen LogP contribution in [0.1, 0.15) is 81.2 Å². The van der Waals surface area contributed by atoms with Crippen molar-refractivity contribution in [1.82, 2.24) is 20.0 Å². The van der Waals surface area contributed by atoms with Crippen LogP contribution < -0.4 is 5.32 Å². The lowest BCUT2D eigenvalue weighted by molar-refractivity contribution is -0.122. The van der Waals surface area contributed by atoms with Gasteiger partial charge in [0.2, 0.25) is 5.91 Å². The summed E-state index contributed by atoms with van der Waals surface area (Å²) >= 11 is 0. The summed E-state index contributed by atoms with van der Waals surface area (Å²) in [6.45, 7) is 7.83. The van der Waals surface area contributed by atoms with Crippen molar-refractivity contribution in [2.75, 3.05) is 19.6 Å². The maximum atomic E-state index is 12.7. The van der Waals surface area contributed by atoms with E-state index in [4.69, 9.17) is 5.26 Å².